The molecule has 1 aliphatic heterocycles. The molecule has 0 radical (unpaired) electrons. The number of amides is 1. The zero-order valence-electron chi connectivity index (χ0n) is 19.8. The first-order valence-electron chi connectivity index (χ1n) is 11.6. The van der Waals surface area contributed by atoms with Gasteiger partial charge in [0.2, 0.25) is 0 Å². The van der Waals surface area contributed by atoms with Gasteiger partial charge in [-0.25, -0.2) is 0 Å². The van der Waals surface area contributed by atoms with Crippen molar-refractivity contribution in [2.45, 2.75) is 13.0 Å². The van der Waals surface area contributed by atoms with Gasteiger partial charge in [0.25, 0.3) is 5.91 Å². The van der Waals surface area contributed by atoms with Gasteiger partial charge in [-0.1, -0.05) is 18.2 Å². The molecule has 1 N–H and O–H groups in total. The second-order valence-corrected chi connectivity index (χ2v) is 8.68. The monoisotopic (exact) mass is 454 g/mol. The maximum atomic E-state index is 12.7. The number of hydrogen-bond acceptors (Lipinski definition) is 5. The van der Waals surface area contributed by atoms with E-state index in [2.05, 4.69) is 40.4 Å². The number of carbonyl (C=O) groups excluding carboxylic acids is 1. The summed E-state index contributed by atoms with van der Waals surface area (Å²) in [5.74, 6) is 0.690. The topological polar surface area (TPSA) is 68.6 Å². The second-order valence-electron chi connectivity index (χ2n) is 8.68. The van der Waals surface area contributed by atoms with Gasteiger partial charge in [0.05, 0.1) is 18.7 Å². The molecule has 4 rings (SSSR count). The number of rotatable bonds is 6. The molecule has 0 aliphatic carbocycles. The summed E-state index contributed by atoms with van der Waals surface area (Å²) >= 11 is 0. The number of nitrogens with zero attached hydrogens (tertiary/aromatic N) is 3. The van der Waals surface area contributed by atoms with Gasteiger partial charge >= 0.3 is 0 Å². The predicted molar refractivity (Wildman–Crippen MR) is 135 cm³/mol. The number of methoxy groups -OCH3 is 1. The van der Waals surface area contributed by atoms with E-state index in [1.165, 1.54) is 6.42 Å². The highest BCUT2D eigenvalue weighted by molar-refractivity contribution is 6.04. The molecule has 1 fully saturated rings. The molecule has 3 aromatic carbocycles. The van der Waals surface area contributed by atoms with E-state index in [1.54, 1.807) is 31.4 Å². The number of hydrogen-bond donors (Lipinski definition) is 1. The number of carbonyl (C=O) groups is 1. The van der Waals surface area contributed by atoms with Crippen molar-refractivity contribution in [1.29, 1.82) is 5.26 Å². The molecule has 1 aliphatic rings. The highest BCUT2D eigenvalue weighted by atomic mass is 16.5. The first-order valence-corrected chi connectivity index (χ1v) is 11.6. The Kier molecular flexibility index (Phi) is 7.58. The summed E-state index contributed by atoms with van der Waals surface area (Å²) in [4.78, 5) is 17.5. The van der Waals surface area contributed by atoms with E-state index >= 15 is 0 Å². The third kappa shape index (κ3) is 5.82. The van der Waals surface area contributed by atoms with Gasteiger partial charge in [-0.15, -0.1) is 0 Å². The number of nitrogens with one attached hydrogen (secondary N) is 1. The fourth-order valence-corrected chi connectivity index (χ4v) is 4.26. The molecule has 0 aromatic heterocycles. The van der Waals surface area contributed by atoms with Crippen LogP contribution in [0, 0.1) is 11.3 Å². The molecular weight excluding hydrogens is 424 g/mol. The van der Waals surface area contributed by atoms with Crippen molar-refractivity contribution in [1.82, 2.24) is 9.80 Å². The molecule has 0 atom stereocenters. The summed E-state index contributed by atoms with van der Waals surface area (Å²) in [7, 11) is 3.89. The van der Waals surface area contributed by atoms with Crippen LogP contribution < -0.4 is 10.1 Å². The minimum Gasteiger partial charge on any atom is -0.496 e. The van der Waals surface area contributed by atoms with Crippen molar-refractivity contribution >= 4 is 11.6 Å². The smallest absolute Gasteiger partial charge is 0.255 e. The number of nitriles is 1. The van der Waals surface area contributed by atoms with E-state index in [-0.39, 0.29) is 5.91 Å². The summed E-state index contributed by atoms with van der Waals surface area (Å²) in [5, 5.41) is 11.9. The molecule has 174 valence electrons. The second kappa shape index (κ2) is 11.0. The SMILES string of the molecule is COc1ccc(-c2cccc(NC(=O)c3ccc(C#N)cc3)c2)cc1CN1CCCN(C)CC1. The van der Waals surface area contributed by atoms with Crippen molar-refractivity contribution in [3.63, 3.8) is 0 Å². The highest BCUT2D eigenvalue weighted by Gasteiger charge is 2.15. The van der Waals surface area contributed by atoms with Crippen LogP contribution in [0.1, 0.15) is 27.9 Å². The lowest BCUT2D eigenvalue weighted by Gasteiger charge is -2.22. The minimum absolute atomic E-state index is 0.205. The van der Waals surface area contributed by atoms with Crippen LogP contribution in [-0.2, 0) is 6.54 Å². The molecule has 6 heteroatoms. The molecule has 1 amide bonds. The maximum absolute atomic E-state index is 12.7. The van der Waals surface area contributed by atoms with Gasteiger partial charge in [0.15, 0.2) is 0 Å². The molecule has 1 heterocycles. The fourth-order valence-electron chi connectivity index (χ4n) is 4.26. The Morgan fingerprint density at radius 2 is 1.79 bits per heavy atom. The van der Waals surface area contributed by atoms with Gasteiger partial charge in [-0.05, 0) is 86.2 Å². The number of benzene rings is 3. The van der Waals surface area contributed by atoms with Crippen LogP contribution in [0.5, 0.6) is 5.75 Å². The van der Waals surface area contributed by atoms with Crippen LogP contribution in [0.3, 0.4) is 0 Å². The molecule has 34 heavy (non-hydrogen) atoms. The molecule has 0 bridgehead atoms. The lowest BCUT2D eigenvalue weighted by atomic mass is 10.0. The fraction of sp³-hybridized carbons (Fsp3) is 0.286. The summed E-state index contributed by atoms with van der Waals surface area (Å²) in [6, 6.07) is 22.8. The number of anilines is 1. The summed E-state index contributed by atoms with van der Waals surface area (Å²) < 4.78 is 5.66. The Bertz CT molecular complexity index is 1180. The van der Waals surface area contributed by atoms with Crippen molar-refractivity contribution in [3.8, 4) is 22.9 Å². The van der Waals surface area contributed by atoms with E-state index in [1.807, 2.05) is 30.3 Å². The number of likely N-dealkylation sites (N-methyl/N-ethyl adjacent to an activating group) is 1. The van der Waals surface area contributed by atoms with Crippen LogP contribution in [0.4, 0.5) is 5.69 Å². The first-order chi connectivity index (χ1) is 16.6. The summed E-state index contributed by atoms with van der Waals surface area (Å²) in [6.07, 6.45) is 1.17. The third-order valence-corrected chi connectivity index (χ3v) is 6.22. The quantitative estimate of drug-likeness (QED) is 0.588. The Balaban J connectivity index is 1.52. The van der Waals surface area contributed by atoms with Crippen LogP contribution in [0.25, 0.3) is 11.1 Å². The Hall–Kier alpha value is -3.66. The maximum Gasteiger partial charge on any atom is 0.255 e. The average Bonchev–Trinajstić information content (AvgIpc) is 3.08. The molecule has 0 saturated carbocycles. The van der Waals surface area contributed by atoms with E-state index in [4.69, 9.17) is 10.00 Å². The minimum atomic E-state index is -0.205. The predicted octanol–water partition coefficient (Wildman–Crippen LogP) is 4.62. The molecule has 0 spiro atoms. The summed E-state index contributed by atoms with van der Waals surface area (Å²) in [5.41, 5.74) is 5.03. The van der Waals surface area contributed by atoms with Gasteiger partial charge < -0.3 is 15.0 Å². The highest BCUT2D eigenvalue weighted by Crippen LogP contribution is 2.29. The van der Waals surface area contributed by atoms with Crippen molar-refractivity contribution < 1.29 is 9.53 Å². The van der Waals surface area contributed by atoms with E-state index < -0.39 is 0 Å². The van der Waals surface area contributed by atoms with Crippen LogP contribution in [0.15, 0.2) is 66.7 Å². The van der Waals surface area contributed by atoms with Gasteiger partial charge in [0, 0.05) is 36.4 Å². The third-order valence-electron chi connectivity index (χ3n) is 6.22. The van der Waals surface area contributed by atoms with Crippen LogP contribution >= 0.6 is 0 Å². The van der Waals surface area contributed by atoms with Crippen LogP contribution in [-0.4, -0.2) is 56.0 Å². The zero-order valence-corrected chi connectivity index (χ0v) is 19.8. The molecule has 0 unspecified atom stereocenters. The van der Waals surface area contributed by atoms with E-state index in [9.17, 15) is 4.79 Å². The van der Waals surface area contributed by atoms with Gasteiger partial charge in [0.1, 0.15) is 5.75 Å². The normalized spacial score (nSPS) is 14.7. The molecule has 6 nitrogen and oxygen atoms in total. The average molecular weight is 455 g/mol. The standard InChI is InChI=1S/C28H30N4O2/c1-31-13-4-14-32(16-15-31)20-25-17-24(11-12-27(25)34-2)23-5-3-6-26(18-23)30-28(33)22-9-7-21(19-29)8-10-22/h3,5-12,17-18H,4,13-16,20H2,1-2H3,(H,30,33). The van der Waals surface area contributed by atoms with Crippen molar-refractivity contribution in [3.05, 3.63) is 83.4 Å². The van der Waals surface area contributed by atoms with Crippen molar-refractivity contribution in [2.75, 3.05) is 45.7 Å². The molecular formula is C28H30N4O2. The number of ether oxygens (including phenoxy) is 1. The van der Waals surface area contributed by atoms with Crippen molar-refractivity contribution in [2.24, 2.45) is 0 Å². The Morgan fingerprint density at radius 1 is 1.00 bits per heavy atom. The first kappa shape index (κ1) is 23.5. The largest absolute Gasteiger partial charge is 0.496 e. The molecule has 3 aromatic rings. The Labute approximate surface area is 201 Å². The van der Waals surface area contributed by atoms with Gasteiger partial charge in [-0.3, -0.25) is 9.69 Å². The van der Waals surface area contributed by atoms with E-state index in [0.717, 1.165) is 60.9 Å². The summed E-state index contributed by atoms with van der Waals surface area (Å²) in [6.45, 7) is 5.17. The lowest BCUT2D eigenvalue weighted by molar-refractivity contribution is 0.102. The molecule has 1 saturated heterocycles. The van der Waals surface area contributed by atoms with Gasteiger partial charge in [-0.2, -0.15) is 5.26 Å². The van der Waals surface area contributed by atoms with E-state index in [0.29, 0.717) is 11.1 Å². The Morgan fingerprint density at radius 3 is 2.56 bits per heavy atom. The van der Waals surface area contributed by atoms with Crippen LogP contribution in [0.2, 0.25) is 0 Å². The zero-order chi connectivity index (χ0) is 23.9. The lowest BCUT2D eigenvalue weighted by Crippen LogP contribution is -2.28.